The highest BCUT2D eigenvalue weighted by Crippen LogP contribution is 2.19. The Labute approximate surface area is 124 Å². The third kappa shape index (κ3) is 4.75. The summed E-state index contributed by atoms with van der Waals surface area (Å²) in [6, 6.07) is 4.87. The molecule has 2 rings (SSSR count). The summed E-state index contributed by atoms with van der Waals surface area (Å²) in [5, 5.41) is 0. The summed E-state index contributed by atoms with van der Waals surface area (Å²) in [6.45, 7) is 8.05. The fourth-order valence-corrected chi connectivity index (χ4v) is 2.54. The fraction of sp³-hybridized carbons (Fsp3) is 0.400. The van der Waals surface area contributed by atoms with E-state index in [9.17, 15) is 8.78 Å². The SMILES string of the molecule is C[Si](C)(C)CCOCn1cnc(-c2ccc(F)c(F)c2)c1. The van der Waals surface area contributed by atoms with Gasteiger partial charge in [-0.05, 0) is 24.2 Å². The number of rotatable bonds is 6. The van der Waals surface area contributed by atoms with Crippen molar-refractivity contribution in [1.82, 2.24) is 9.55 Å². The number of hydrogen-bond donors (Lipinski definition) is 0. The number of imidazole rings is 1. The summed E-state index contributed by atoms with van der Waals surface area (Å²) in [5.41, 5.74) is 1.15. The molecule has 1 heterocycles. The summed E-state index contributed by atoms with van der Waals surface area (Å²) in [7, 11) is -1.08. The van der Waals surface area contributed by atoms with Gasteiger partial charge in [-0.3, -0.25) is 0 Å². The van der Waals surface area contributed by atoms with E-state index in [0.29, 0.717) is 18.0 Å². The minimum absolute atomic E-state index is 0.418. The van der Waals surface area contributed by atoms with Gasteiger partial charge in [0.1, 0.15) is 6.73 Å². The first-order valence-electron chi connectivity index (χ1n) is 6.90. The maximum Gasteiger partial charge on any atom is 0.159 e. The highest BCUT2D eigenvalue weighted by atomic mass is 28.3. The maximum absolute atomic E-state index is 13.2. The molecule has 0 atom stereocenters. The first-order chi connectivity index (χ1) is 9.85. The number of hydrogen-bond acceptors (Lipinski definition) is 2. The van der Waals surface area contributed by atoms with Crippen molar-refractivity contribution < 1.29 is 13.5 Å². The predicted molar refractivity (Wildman–Crippen MR) is 81.7 cm³/mol. The lowest BCUT2D eigenvalue weighted by Crippen LogP contribution is -2.21. The number of benzene rings is 1. The maximum atomic E-state index is 13.2. The summed E-state index contributed by atoms with van der Waals surface area (Å²) in [4.78, 5) is 4.19. The van der Waals surface area contributed by atoms with Crippen LogP contribution in [0, 0.1) is 11.6 Å². The van der Waals surface area contributed by atoms with Gasteiger partial charge in [-0.1, -0.05) is 19.6 Å². The molecule has 0 amide bonds. The molecule has 0 saturated carbocycles. The molecule has 0 aliphatic rings. The average molecular weight is 310 g/mol. The largest absolute Gasteiger partial charge is 0.361 e. The monoisotopic (exact) mass is 310 g/mol. The molecule has 114 valence electrons. The van der Waals surface area contributed by atoms with Gasteiger partial charge in [-0.2, -0.15) is 0 Å². The summed E-state index contributed by atoms with van der Waals surface area (Å²) >= 11 is 0. The molecule has 1 aromatic carbocycles. The Morgan fingerprint density at radius 3 is 2.62 bits per heavy atom. The van der Waals surface area contributed by atoms with Gasteiger partial charge in [0.2, 0.25) is 0 Å². The second kappa shape index (κ2) is 6.49. The molecule has 0 bridgehead atoms. The van der Waals surface area contributed by atoms with Crippen molar-refractivity contribution in [1.29, 1.82) is 0 Å². The average Bonchev–Trinajstić information content (AvgIpc) is 2.86. The molecule has 21 heavy (non-hydrogen) atoms. The van der Waals surface area contributed by atoms with E-state index >= 15 is 0 Å². The van der Waals surface area contributed by atoms with Gasteiger partial charge in [0.15, 0.2) is 11.6 Å². The molecule has 1 aromatic heterocycles. The van der Waals surface area contributed by atoms with E-state index in [-0.39, 0.29) is 0 Å². The zero-order valence-corrected chi connectivity index (χ0v) is 13.6. The molecule has 0 spiro atoms. The van der Waals surface area contributed by atoms with Crippen LogP contribution < -0.4 is 0 Å². The molecule has 0 aliphatic carbocycles. The zero-order valence-electron chi connectivity index (χ0n) is 12.6. The van der Waals surface area contributed by atoms with Crippen LogP contribution in [0.3, 0.4) is 0 Å². The van der Waals surface area contributed by atoms with Gasteiger partial charge in [-0.15, -0.1) is 0 Å². The Bertz CT molecular complexity index is 608. The molecule has 0 N–H and O–H groups in total. The minimum atomic E-state index is -1.08. The van der Waals surface area contributed by atoms with Gasteiger partial charge in [0, 0.05) is 26.4 Å². The van der Waals surface area contributed by atoms with E-state index in [1.807, 2.05) is 0 Å². The summed E-state index contributed by atoms with van der Waals surface area (Å²) < 4.78 is 33.5. The van der Waals surface area contributed by atoms with E-state index in [4.69, 9.17) is 4.74 Å². The highest BCUT2D eigenvalue weighted by molar-refractivity contribution is 6.76. The Balaban J connectivity index is 1.93. The number of ether oxygens (including phenoxy) is 1. The van der Waals surface area contributed by atoms with Crippen molar-refractivity contribution in [3.63, 3.8) is 0 Å². The Morgan fingerprint density at radius 1 is 1.19 bits per heavy atom. The van der Waals surface area contributed by atoms with E-state index in [0.717, 1.165) is 24.8 Å². The van der Waals surface area contributed by atoms with Gasteiger partial charge < -0.3 is 9.30 Å². The predicted octanol–water partition coefficient (Wildman–Crippen LogP) is 4.14. The first kappa shape index (κ1) is 15.8. The van der Waals surface area contributed by atoms with Crippen LogP contribution >= 0.6 is 0 Å². The van der Waals surface area contributed by atoms with Crippen LogP contribution in [0.1, 0.15) is 0 Å². The van der Waals surface area contributed by atoms with Crippen molar-refractivity contribution in [3.05, 3.63) is 42.4 Å². The summed E-state index contributed by atoms with van der Waals surface area (Å²) in [5.74, 6) is -1.72. The molecule has 0 unspecified atom stereocenters. The second-order valence-corrected chi connectivity index (χ2v) is 11.9. The number of halogens is 2. The van der Waals surface area contributed by atoms with Gasteiger partial charge >= 0.3 is 0 Å². The molecular formula is C15H20F2N2OSi. The molecule has 2 aromatic rings. The molecule has 3 nitrogen and oxygen atoms in total. The Kier molecular flexibility index (Phi) is 4.90. The van der Waals surface area contributed by atoms with Gasteiger partial charge in [0.05, 0.1) is 12.0 Å². The lowest BCUT2D eigenvalue weighted by Gasteiger charge is -2.15. The van der Waals surface area contributed by atoms with E-state index < -0.39 is 19.7 Å². The van der Waals surface area contributed by atoms with Crippen molar-refractivity contribution in [2.24, 2.45) is 0 Å². The van der Waals surface area contributed by atoms with Crippen LogP contribution in [0.25, 0.3) is 11.3 Å². The zero-order chi connectivity index (χ0) is 15.5. The quantitative estimate of drug-likeness (QED) is 0.592. The number of aromatic nitrogens is 2. The lowest BCUT2D eigenvalue weighted by molar-refractivity contribution is 0.0872. The molecule has 0 fully saturated rings. The molecule has 0 saturated heterocycles. The molecule has 0 radical (unpaired) electrons. The van der Waals surface area contributed by atoms with Crippen molar-refractivity contribution in [2.75, 3.05) is 6.61 Å². The van der Waals surface area contributed by atoms with E-state index in [1.165, 1.54) is 6.07 Å². The smallest absolute Gasteiger partial charge is 0.159 e. The number of nitrogens with zero attached hydrogens (tertiary/aromatic N) is 2. The van der Waals surface area contributed by atoms with Crippen molar-refractivity contribution in [2.45, 2.75) is 32.4 Å². The van der Waals surface area contributed by atoms with Crippen molar-refractivity contribution in [3.8, 4) is 11.3 Å². The van der Waals surface area contributed by atoms with Crippen LogP contribution in [0.15, 0.2) is 30.7 Å². The van der Waals surface area contributed by atoms with Gasteiger partial charge in [0.25, 0.3) is 0 Å². The lowest BCUT2D eigenvalue weighted by atomic mass is 10.1. The fourth-order valence-electron chi connectivity index (χ4n) is 1.78. The molecule has 6 heteroatoms. The topological polar surface area (TPSA) is 27.1 Å². The molecular weight excluding hydrogens is 290 g/mol. The van der Waals surface area contributed by atoms with E-state index in [2.05, 4.69) is 24.6 Å². The third-order valence-corrected chi connectivity index (χ3v) is 4.79. The van der Waals surface area contributed by atoms with Crippen LogP contribution in [-0.4, -0.2) is 24.2 Å². The summed E-state index contributed by atoms with van der Waals surface area (Å²) in [6.07, 6.45) is 3.40. The first-order valence-corrected chi connectivity index (χ1v) is 10.6. The van der Waals surface area contributed by atoms with Crippen LogP contribution in [0.2, 0.25) is 25.7 Å². The molecule has 0 aliphatic heterocycles. The van der Waals surface area contributed by atoms with Crippen LogP contribution in [0.5, 0.6) is 0 Å². The minimum Gasteiger partial charge on any atom is -0.361 e. The Morgan fingerprint density at radius 2 is 1.95 bits per heavy atom. The van der Waals surface area contributed by atoms with Crippen molar-refractivity contribution >= 4 is 8.07 Å². The van der Waals surface area contributed by atoms with Crippen LogP contribution in [-0.2, 0) is 11.5 Å². The normalized spacial score (nSPS) is 11.9. The highest BCUT2D eigenvalue weighted by Gasteiger charge is 2.12. The Hall–Kier alpha value is -1.53. The second-order valence-electron chi connectivity index (χ2n) is 6.25. The third-order valence-electron chi connectivity index (χ3n) is 3.09. The van der Waals surface area contributed by atoms with Crippen LogP contribution in [0.4, 0.5) is 8.78 Å². The van der Waals surface area contributed by atoms with Gasteiger partial charge in [-0.25, -0.2) is 13.8 Å². The standard InChI is InChI=1S/C15H20F2N2OSi/c1-21(2,3)7-6-20-11-19-9-15(18-10-19)12-4-5-13(16)14(17)8-12/h4-5,8-10H,6-7,11H2,1-3H3. The van der Waals surface area contributed by atoms with E-state index in [1.54, 1.807) is 17.1 Å².